The van der Waals surface area contributed by atoms with Crippen molar-refractivity contribution in [2.45, 2.75) is 17.7 Å². The molecule has 0 aliphatic heterocycles. The Hall–Kier alpha value is -1.52. The van der Waals surface area contributed by atoms with E-state index >= 15 is 0 Å². The Morgan fingerprint density at radius 2 is 2.20 bits per heavy atom. The van der Waals surface area contributed by atoms with Gasteiger partial charge in [0.2, 0.25) is 0 Å². The zero-order chi connectivity index (χ0) is 14.9. The van der Waals surface area contributed by atoms with Crippen molar-refractivity contribution in [3.63, 3.8) is 0 Å². The lowest BCUT2D eigenvalue weighted by molar-refractivity contribution is -0.383. The quantitative estimate of drug-likeness (QED) is 0.666. The van der Waals surface area contributed by atoms with Gasteiger partial charge in [-0.25, -0.2) is 13.4 Å². The predicted octanol–water partition coefficient (Wildman–Crippen LogP) is 2.44. The molecule has 20 heavy (non-hydrogen) atoms. The summed E-state index contributed by atoms with van der Waals surface area (Å²) in [5, 5.41) is 14.1. The van der Waals surface area contributed by atoms with Gasteiger partial charge in [0.1, 0.15) is 4.21 Å². The van der Waals surface area contributed by atoms with Crippen LogP contribution in [0.4, 0.5) is 10.7 Å². The molecular weight excluding hydrogens is 322 g/mol. The summed E-state index contributed by atoms with van der Waals surface area (Å²) in [6.45, 7) is 2.22. The van der Waals surface area contributed by atoms with E-state index in [-0.39, 0.29) is 14.9 Å². The molecular formula is C10H11N3O4S3. The summed E-state index contributed by atoms with van der Waals surface area (Å²) in [6, 6.07) is 1.09. The molecule has 2 aromatic rings. The maximum absolute atomic E-state index is 11.5. The largest absolute Gasteiger partial charge is 0.366 e. The van der Waals surface area contributed by atoms with Crippen molar-refractivity contribution in [2.24, 2.45) is 0 Å². The molecule has 0 saturated heterocycles. The van der Waals surface area contributed by atoms with Crippen LogP contribution >= 0.6 is 22.7 Å². The Kier molecular flexibility index (Phi) is 4.06. The molecule has 0 spiro atoms. The van der Waals surface area contributed by atoms with Gasteiger partial charge in [0.15, 0.2) is 14.8 Å². The Balaban J connectivity index is 2.29. The molecule has 0 aromatic carbocycles. The van der Waals surface area contributed by atoms with E-state index in [0.29, 0.717) is 6.54 Å². The average Bonchev–Trinajstić information content (AvgIpc) is 2.91. The van der Waals surface area contributed by atoms with Crippen LogP contribution in [-0.4, -0.2) is 24.6 Å². The number of aryl methyl sites for hydroxylation is 1. The molecule has 2 heterocycles. The number of rotatable bonds is 5. The molecule has 7 nitrogen and oxygen atoms in total. The van der Waals surface area contributed by atoms with Gasteiger partial charge in [-0.05, 0) is 6.92 Å². The standard InChI is InChI=1S/C10H11N3O4S3/c1-6-8(18-5-12-6)4-11-10-7(13(14)15)3-9(19-10)20(2,16)17/h3,5,11H,4H2,1-2H3. The second-order valence-electron chi connectivity index (χ2n) is 4.02. The van der Waals surface area contributed by atoms with E-state index in [4.69, 9.17) is 0 Å². The predicted molar refractivity (Wildman–Crippen MR) is 78.3 cm³/mol. The molecule has 0 aliphatic rings. The topological polar surface area (TPSA) is 102 Å². The van der Waals surface area contributed by atoms with Gasteiger partial charge >= 0.3 is 5.69 Å². The number of nitro groups is 1. The summed E-state index contributed by atoms with van der Waals surface area (Å²) in [7, 11) is -3.45. The zero-order valence-electron chi connectivity index (χ0n) is 10.6. The molecule has 2 aromatic heterocycles. The monoisotopic (exact) mass is 333 g/mol. The first-order valence-electron chi connectivity index (χ1n) is 5.40. The molecule has 10 heteroatoms. The van der Waals surface area contributed by atoms with E-state index in [1.807, 2.05) is 6.92 Å². The highest BCUT2D eigenvalue weighted by molar-refractivity contribution is 7.92. The molecule has 0 saturated carbocycles. The second-order valence-corrected chi connectivity index (χ2v) is 8.26. The Morgan fingerprint density at radius 3 is 2.70 bits per heavy atom. The van der Waals surface area contributed by atoms with Crippen LogP contribution in [0.25, 0.3) is 0 Å². The maximum Gasteiger partial charge on any atom is 0.304 e. The van der Waals surface area contributed by atoms with Crippen LogP contribution in [0.5, 0.6) is 0 Å². The number of thiazole rings is 1. The fourth-order valence-corrected chi connectivity index (χ4v) is 4.11. The van der Waals surface area contributed by atoms with Gasteiger partial charge in [-0.15, -0.1) is 11.3 Å². The number of thiophene rings is 1. The average molecular weight is 333 g/mol. The number of nitrogens with zero attached hydrogens (tertiary/aromatic N) is 2. The zero-order valence-corrected chi connectivity index (χ0v) is 13.1. The summed E-state index contributed by atoms with van der Waals surface area (Å²) in [6.07, 6.45) is 1.03. The normalized spacial score (nSPS) is 11.5. The van der Waals surface area contributed by atoms with Crippen LogP contribution in [-0.2, 0) is 16.4 Å². The van der Waals surface area contributed by atoms with E-state index in [1.54, 1.807) is 5.51 Å². The van der Waals surface area contributed by atoms with Gasteiger partial charge in [-0.2, -0.15) is 0 Å². The van der Waals surface area contributed by atoms with Crippen molar-refractivity contribution in [3.05, 3.63) is 32.3 Å². The summed E-state index contributed by atoms with van der Waals surface area (Å²) in [5.74, 6) is 0. The molecule has 0 bridgehead atoms. The smallest absolute Gasteiger partial charge is 0.304 e. The van der Waals surface area contributed by atoms with Crippen LogP contribution in [0.1, 0.15) is 10.6 Å². The minimum absolute atomic E-state index is 0.0206. The van der Waals surface area contributed by atoms with Crippen molar-refractivity contribution in [3.8, 4) is 0 Å². The van der Waals surface area contributed by atoms with Crippen LogP contribution in [0.2, 0.25) is 0 Å². The van der Waals surface area contributed by atoms with Crippen molar-refractivity contribution in [1.82, 2.24) is 4.98 Å². The summed E-state index contributed by atoms with van der Waals surface area (Å²) < 4.78 is 22.9. The van der Waals surface area contributed by atoms with E-state index in [0.717, 1.165) is 34.2 Å². The summed E-state index contributed by atoms with van der Waals surface area (Å²) >= 11 is 2.30. The third-order valence-electron chi connectivity index (χ3n) is 2.51. The lowest BCUT2D eigenvalue weighted by Crippen LogP contribution is -1.99. The fourth-order valence-electron chi connectivity index (χ4n) is 1.46. The van der Waals surface area contributed by atoms with Crippen LogP contribution in [0.15, 0.2) is 15.8 Å². The number of anilines is 1. The maximum atomic E-state index is 11.5. The molecule has 108 valence electrons. The molecule has 0 atom stereocenters. The Morgan fingerprint density at radius 1 is 1.50 bits per heavy atom. The highest BCUT2D eigenvalue weighted by Gasteiger charge is 2.23. The third kappa shape index (κ3) is 3.14. The van der Waals surface area contributed by atoms with Crippen LogP contribution in [0, 0.1) is 17.0 Å². The van der Waals surface area contributed by atoms with Crippen molar-refractivity contribution < 1.29 is 13.3 Å². The van der Waals surface area contributed by atoms with E-state index in [9.17, 15) is 18.5 Å². The van der Waals surface area contributed by atoms with Crippen molar-refractivity contribution in [1.29, 1.82) is 0 Å². The summed E-state index contributed by atoms with van der Waals surface area (Å²) in [5.41, 5.74) is 2.32. The number of aromatic nitrogens is 1. The lowest BCUT2D eigenvalue weighted by atomic mass is 10.4. The SMILES string of the molecule is Cc1ncsc1CNc1sc(S(C)(=O)=O)cc1[N+](=O)[O-]. The third-order valence-corrected chi connectivity index (χ3v) is 6.33. The fraction of sp³-hybridized carbons (Fsp3) is 0.300. The van der Waals surface area contributed by atoms with Crippen LogP contribution in [0.3, 0.4) is 0 Å². The highest BCUT2D eigenvalue weighted by atomic mass is 32.2. The van der Waals surface area contributed by atoms with Gasteiger partial charge in [0.05, 0.1) is 22.7 Å². The van der Waals surface area contributed by atoms with E-state index in [2.05, 4.69) is 10.3 Å². The first-order valence-corrected chi connectivity index (χ1v) is 8.99. The van der Waals surface area contributed by atoms with Crippen LogP contribution < -0.4 is 5.32 Å². The number of hydrogen-bond donors (Lipinski definition) is 1. The highest BCUT2D eigenvalue weighted by Crippen LogP contribution is 2.37. The Bertz CT molecular complexity index is 748. The minimum Gasteiger partial charge on any atom is -0.366 e. The molecule has 0 fully saturated rings. The molecule has 2 rings (SSSR count). The number of nitrogens with one attached hydrogen (secondary N) is 1. The first kappa shape index (κ1) is 14.9. The van der Waals surface area contributed by atoms with Gasteiger partial charge in [0, 0.05) is 17.2 Å². The molecule has 0 radical (unpaired) electrons. The van der Waals surface area contributed by atoms with Gasteiger partial charge in [-0.1, -0.05) is 11.3 Å². The van der Waals surface area contributed by atoms with E-state index < -0.39 is 14.8 Å². The van der Waals surface area contributed by atoms with Gasteiger partial charge in [-0.3, -0.25) is 10.1 Å². The second kappa shape index (κ2) is 5.46. The number of sulfone groups is 1. The van der Waals surface area contributed by atoms with Crippen molar-refractivity contribution >= 4 is 43.2 Å². The van der Waals surface area contributed by atoms with Crippen molar-refractivity contribution in [2.75, 3.05) is 11.6 Å². The Labute approximate surface area is 123 Å². The molecule has 0 amide bonds. The molecule has 1 N–H and O–H groups in total. The van der Waals surface area contributed by atoms with Gasteiger partial charge in [0.25, 0.3) is 0 Å². The molecule has 0 aliphatic carbocycles. The van der Waals surface area contributed by atoms with Gasteiger partial charge < -0.3 is 5.32 Å². The van der Waals surface area contributed by atoms with E-state index in [1.165, 1.54) is 11.3 Å². The minimum atomic E-state index is -3.45. The lowest BCUT2D eigenvalue weighted by Gasteiger charge is -2.01. The molecule has 0 unspecified atom stereocenters. The number of hydrogen-bond acceptors (Lipinski definition) is 8. The first-order chi connectivity index (χ1) is 9.29. The summed E-state index contributed by atoms with van der Waals surface area (Å²) in [4.78, 5) is 15.4.